The lowest BCUT2D eigenvalue weighted by atomic mass is 9.97. The molecule has 0 aliphatic rings. The second-order valence-corrected chi connectivity index (χ2v) is 5.26. The highest BCUT2D eigenvalue weighted by Crippen LogP contribution is 2.24. The van der Waals surface area contributed by atoms with Gasteiger partial charge in [0.2, 0.25) is 0 Å². The number of nitrogens with zero attached hydrogens (tertiary/aromatic N) is 2. The van der Waals surface area contributed by atoms with Crippen molar-refractivity contribution in [1.29, 1.82) is 0 Å². The Morgan fingerprint density at radius 3 is 2.74 bits per heavy atom. The zero-order valence-corrected chi connectivity index (χ0v) is 12.4. The van der Waals surface area contributed by atoms with Crippen molar-refractivity contribution < 1.29 is 0 Å². The van der Waals surface area contributed by atoms with Crippen LogP contribution in [0.25, 0.3) is 0 Å². The molecule has 1 aromatic heterocycles. The van der Waals surface area contributed by atoms with Crippen LogP contribution in [0.5, 0.6) is 0 Å². The van der Waals surface area contributed by atoms with Gasteiger partial charge in [-0.2, -0.15) is 5.10 Å². The fourth-order valence-electron chi connectivity index (χ4n) is 2.42. The van der Waals surface area contributed by atoms with Crippen molar-refractivity contribution in [3.8, 4) is 0 Å². The zero-order valence-electron chi connectivity index (χ0n) is 11.7. The third kappa shape index (κ3) is 3.37. The van der Waals surface area contributed by atoms with Gasteiger partial charge in [-0.1, -0.05) is 17.7 Å². The SMILES string of the molecule is CNC(CCc1ccnn1C)c1ccc(Cl)cc1C. The van der Waals surface area contributed by atoms with Gasteiger partial charge in [0.25, 0.3) is 0 Å². The lowest BCUT2D eigenvalue weighted by molar-refractivity contribution is 0.533. The van der Waals surface area contributed by atoms with E-state index in [0.717, 1.165) is 17.9 Å². The zero-order chi connectivity index (χ0) is 13.8. The van der Waals surface area contributed by atoms with E-state index in [0.29, 0.717) is 6.04 Å². The molecular formula is C15H20ClN3. The fraction of sp³-hybridized carbons (Fsp3) is 0.400. The maximum atomic E-state index is 6.01. The molecule has 0 saturated carbocycles. The van der Waals surface area contributed by atoms with Crippen LogP contribution in [-0.4, -0.2) is 16.8 Å². The van der Waals surface area contributed by atoms with Gasteiger partial charge in [0.05, 0.1) is 0 Å². The summed E-state index contributed by atoms with van der Waals surface area (Å²) < 4.78 is 1.93. The first-order valence-electron chi connectivity index (χ1n) is 6.52. The Hall–Kier alpha value is -1.32. The van der Waals surface area contributed by atoms with Crippen LogP contribution in [0.3, 0.4) is 0 Å². The van der Waals surface area contributed by atoms with Gasteiger partial charge < -0.3 is 5.32 Å². The summed E-state index contributed by atoms with van der Waals surface area (Å²) in [6.45, 7) is 2.11. The maximum absolute atomic E-state index is 6.01. The van der Waals surface area contributed by atoms with Gasteiger partial charge in [-0.25, -0.2) is 0 Å². The highest BCUT2D eigenvalue weighted by Gasteiger charge is 2.13. The molecule has 1 N–H and O–H groups in total. The van der Waals surface area contributed by atoms with E-state index in [-0.39, 0.29) is 0 Å². The first kappa shape index (κ1) is 14.1. The molecule has 1 atom stereocenters. The van der Waals surface area contributed by atoms with Gasteiger partial charge in [0.15, 0.2) is 0 Å². The molecule has 4 heteroatoms. The van der Waals surface area contributed by atoms with Crippen molar-refractivity contribution >= 4 is 11.6 Å². The van der Waals surface area contributed by atoms with Crippen molar-refractivity contribution in [2.45, 2.75) is 25.8 Å². The topological polar surface area (TPSA) is 29.9 Å². The summed E-state index contributed by atoms with van der Waals surface area (Å²) in [6, 6.07) is 8.50. The standard InChI is InChI=1S/C15H20ClN3/c1-11-10-12(16)4-6-14(11)15(17-2)7-5-13-8-9-18-19(13)3/h4,6,8-10,15,17H,5,7H2,1-3H3. The van der Waals surface area contributed by atoms with Crippen molar-refractivity contribution in [3.63, 3.8) is 0 Å². The number of aromatic nitrogens is 2. The van der Waals surface area contributed by atoms with Crippen LogP contribution in [-0.2, 0) is 13.5 Å². The molecule has 0 spiro atoms. The quantitative estimate of drug-likeness (QED) is 0.909. The monoisotopic (exact) mass is 277 g/mol. The van der Waals surface area contributed by atoms with Gasteiger partial charge in [0, 0.05) is 30.0 Å². The number of hydrogen-bond donors (Lipinski definition) is 1. The average molecular weight is 278 g/mol. The van der Waals surface area contributed by atoms with E-state index in [1.54, 1.807) is 0 Å². The van der Waals surface area contributed by atoms with E-state index in [9.17, 15) is 0 Å². The van der Waals surface area contributed by atoms with Gasteiger partial charge >= 0.3 is 0 Å². The predicted molar refractivity (Wildman–Crippen MR) is 79.5 cm³/mol. The van der Waals surface area contributed by atoms with Crippen LogP contribution in [0.15, 0.2) is 30.5 Å². The van der Waals surface area contributed by atoms with E-state index in [1.165, 1.54) is 16.8 Å². The van der Waals surface area contributed by atoms with Gasteiger partial charge in [-0.3, -0.25) is 4.68 Å². The van der Waals surface area contributed by atoms with Gasteiger partial charge in [-0.15, -0.1) is 0 Å². The van der Waals surface area contributed by atoms with E-state index in [2.05, 4.69) is 29.5 Å². The summed E-state index contributed by atoms with van der Waals surface area (Å²) >= 11 is 6.01. The van der Waals surface area contributed by atoms with E-state index >= 15 is 0 Å². The highest BCUT2D eigenvalue weighted by molar-refractivity contribution is 6.30. The first-order chi connectivity index (χ1) is 9.11. The maximum Gasteiger partial charge on any atom is 0.0492 e. The van der Waals surface area contributed by atoms with E-state index < -0.39 is 0 Å². The summed E-state index contributed by atoms with van der Waals surface area (Å²) in [4.78, 5) is 0. The second kappa shape index (κ2) is 6.22. The Kier molecular flexibility index (Phi) is 4.61. The van der Waals surface area contributed by atoms with Crippen LogP contribution in [0.1, 0.15) is 29.3 Å². The molecule has 1 unspecified atom stereocenters. The Morgan fingerprint density at radius 1 is 1.37 bits per heavy atom. The molecule has 0 fully saturated rings. The molecule has 2 rings (SSSR count). The number of rotatable bonds is 5. The lowest BCUT2D eigenvalue weighted by Crippen LogP contribution is -2.18. The molecule has 0 radical (unpaired) electrons. The van der Waals surface area contributed by atoms with Crippen molar-refractivity contribution in [2.24, 2.45) is 7.05 Å². The smallest absolute Gasteiger partial charge is 0.0492 e. The molecule has 1 heterocycles. The molecule has 0 bridgehead atoms. The van der Waals surface area contributed by atoms with Crippen LogP contribution in [0.4, 0.5) is 0 Å². The normalized spacial score (nSPS) is 12.6. The van der Waals surface area contributed by atoms with Crippen LogP contribution in [0.2, 0.25) is 5.02 Å². The highest BCUT2D eigenvalue weighted by atomic mass is 35.5. The Bertz CT molecular complexity index is 548. The van der Waals surface area contributed by atoms with Crippen molar-refractivity contribution in [1.82, 2.24) is 15.1 Å². The molecule has 0 saturated heterocycles. The van der Waals surface area contributed by atoms with Crippen LogP contribution < -0.4 is 5.32 Å². The molecule has 3 nitrogen and oxygen atoms in total. The van der Waals surface area contributed by atoms with E-state index in [1.807, 2.05) is 37.1 Å². The molecule has 0 aliphatic carbocycles. The predicted octanol–water partition coefficient (Wildman–Crippen LogP) is 3.28. The summed E-state index contributed by atoms with van der Waals surface area (Å²) in [7, 11) is 3.99. The first-order valence-corrected chi connectivity index (χ1v) is 6.90. The van der Waals surface area contributed by atoms with E-state index in [4.69, 9.17) is 11.6 Å². The van der Waals surface area contributed by atoms with Crippen molar-refractivity contribution in [3.05, 3.63) is 52.3 Å². The molecule has 0 aliphatic heterocycles. The minimum absolute atomic E-state index is 0.340. The molecule has 2 aromatic rings. The Labute approximate surface area is 119 Å². The van der Waals surface area contributed by atoms with Gasteiger partial charge in [-0.05, 0) is 56.1 Å². The summed E-state index contributed by atoms with van der Waals surface area (Å²) in [5.74, 6) is 0. The average Bonchev–Trinajstić information content (AvgIpc) is 2.78. The Morgan fingerprint density at radius 2 is 2.16 bits per heavy atom. The minimum Gasteiger partial charge on any atom is -0.313 e. The number of benzene rings is 1. The number of aryl methyl sites for hydroxylation is 3. The van der Waals surface area contributed by atoms with Crippen LogP contribution in [0, 0.1) is 6.92 Å². The lowest BCUT2D eigenvalue weighted by Gasteiger charge is -2.19. The minimum atomic E-state index is 0.340. The second-order valence-electron chi connectivity index (χ2n) is 4.83. The Balaban J connectivity index is 2.10. The molecule has 0 amide bonds. The third-order valence-electron chi connectivity index (χ3n) is 3.57. The van der Waals surface area contributed by atoms with Crippen molar-refractivity contribution in [2.75, 3.05) is 7.05 Å². The number of halogens is 1. The third-order valence-corrected chi connectivity index (χ3v) is 3.80. The molecule has 19 heavy (non-hydrogen) atoms. The summed E-state index contributed by atoms with van der Waals surface area (Å²) in [5, 5.41) is 8.38. The molecule has 102 valence electrons. The molecular weight excluding hydrogens is 258 g/mol. The molecule has 1 aromatic carbocycles. The number of nitrogens with one attached hydrogen (secondary N) is 1. The summed E-state index contributed by atoms with van der Waals surface area (Å²) in [5.41, 5.74) is 3.80. The van der Waals surface area contributed by atoms with Crippen LogP contribution >= 0.6 is 11.6 Å². The largest absolute Gasteiger partial charge is 0.313 e. The van der Waals surface area contributed by atoms with Gasteiger partial charge in [0.1, 0.15) is 0 Å². The fourth-order valence-corrected chi connectivity index (χ4v) is 2.65. The summed E-state index contributed by atoms with van der Waals surface area (Å²) in [6.07, 6.45) is 3.89. The number of hydrogen-bond acceptors (Lipinski definition) is 2.